The van der Waals surface area contributed by atoms with E-state index in [-0.39, 0.29) is 6.61 Å². The zero-order valence-corrected chi connectivity index (χ0v) is 48.6. The van der Waals surface area contributed by atoms with Crippen LogP contribution >= 0.6 is 0 Å². The SMILES string of the molecule is OC[C@H]1O[C@@H]2O[C@H]3[C@H](O)[C@@H](O)[C@@H](O[C@H]4[C@H](O)[C@@H](O)[C@@H](O[C@H]5[C@H](O)[C@@H](O)[C@@H](O[C@H]6[C@H](O)[C@@H](O)[C@@H](O[C@H]7[C@H](O)[C@@H](O)[C@@H](O[C@H]8[C@H](O)[C@@H](O)[C@@H](O[C@H]9[C@H](O)[C@@H](O)[C@@H](O[C@H]1[C@H](O)[C@H]2O)O[C@@H]9CO)O[C@@H]8CO)O[C@@H]7CO)O[C@@H]6CO)O[C@@H]5CO)O[C@@H]4CO)O[C@@H]3CO.[CH2]CCO. The molecule has 0 amide bonds. The molecule has 0 aromatic rings. The minimum atomic E-state index is -2.25. The Labute approximate surface area is 521 Å². The number of hydrogen-bond donors (Lipinski definition) is 25. The molecule has 16 bridgehead atoms. The zero-order valence-electron chi connectivity index (χ0n) is 48.6. The Hall–Kier alpha value is -1.64. The van der Waals surface area contributed by atoms with E-state index in [0.29, 0.717) is 6.42 Å². The molecule has 0 aliphatic carbocycles. The van der Waals surface area contributed by atoms with E-state index in [4.69, 9.17) is 80.9 Å². The summed E-state index contributed by atoms with van der Waals surface area (Å²) in [5.41, 5.74) is 0. The van der Waals surface area contributed by atoms with Crippen molar-refractivity contribution in [2.45, 2.75) is 252 Å². The number of hydrogen-bond acceptors (Lipinski definition) is 41. The maximum absolute atomic E-state index is 11.4. The molecule has 41 nitrogen and oxygen atoms in total. The molecule has 0 spiro atoms. The lowest BCUT2D eigenvalue weighted by Crippen LogP contribution is -2.69. The summed E-state index contributed by atoms with van der Waals surface area (Å²) in [6, 6.07) is 0. The maximum Gasteiger partial charge on any atom is 0.187 e. The zero-order chi connectivity index (χ0) is 67.5. The molecule has 0 aromatic heterocycles. The molecule has 30 saturated heterocycles. The van der Waals surface area contributed by atoms with Crippen LogP contribution in [0.5, 0.6) is 0 Å². The second-order valence-electron chi connectivity index (χ2n) is 23.0. The van der Waals surface area contributed by atoms with Crippen LogP contribution in [0.1, 0.15) is 6.42 Å². The molecular formula is C51H87O41. The van der Waals surface area contributed by atoms with Gasteiger partial charge in [-0.15, -0.1) is 0 Å². The van der Waals surface area contributed by atoms with Crippen LogP contribution < -0.4 is 0 Å². The Balaban J connectivity index is 0.00000264. The lowest BCUT2D eigenvalue weighted by atomic mass is 9.94. The molecule has 30 heterocycles. The van der Waals surface area contributed by atoms with Crippen LogP contribution in [0.15, 0.2) is 0 Å². The first kappa shape index (κ1) is 76.1. The highest BCUT2D eigenvalue weighted by molar-refractivity contribution is 5.02. The normalized spacial score (nSPS) is 53.3. The molecule has 25 N–H and O–H groups in total. The maximum atomic E-state index is 11.4. The first-order valence-electron chi connectivity index (χ1n) is 29.5. The van der Waals surface area contributed by atoms with Gasteiger partial charge in [-0.05, 0) is 6.42 Å². The minimum Gasteiger partial charge on any atom is -0.396 e. The lowest BCUT2D eigenvalue weighted by molar-refractivity contribution is -0.404. The van der Waals surface area contributed by atoms with Gasteiger partial charge in [0.1, 0.15) is 195 Å². The van der Waals surface area contributed by atoms with E-state index >= 15 is 0 Å². The summed E-state index contributed by atoms with van der Waals surface area (Å²) in [6.45, 7) is -5.08. The fraction of sp³-hybridized carbons (Fsp3) is 0.980. The Morgan fingerprint density at radius 3 is 0.348 bits per heavy atom. The molecule has 30 fully saturated rings. The van der Waals surface area contributed by atoms with Crippen LogP contribution in [0.25, 0.3) is 0 Å². The van der Waals surface area contributed by atoms with Crippen molar-refractivity contribution < 1.29 is 203 Å². The average molecular weight is 1360 g/mol. The first-order chi connectivity index (χ1) is 43.8. The average Bonchev–Trinajstić information content (AvgIpc) is 0.795. The minimum absolute atomic E-state index is 0.208. The van der Waals surface area contributed by atoms with Gasteiger partial charge < -0.3 is 203 Å². The van der Waals surface area contributed by atoms with E-state index in [1.54, 1.807) is 0 Å². The monoisotopic (exact) mass is 1360 g/mol. The second-order valence-corrected chi connectivity index (χ2v) is 23.0. The van der Waals surface area contributed by atoms with Gasteiger partial charge in [-0.2, -0.15) is 0 Å². The quantitative estimate of drug-likeness (QED) is 0.102. The van der Waals surface area contributed by atoms with Gasteiger partial charge >= 0.3 is 0 Å². The third-order valence-electron chi connectivity index (χ3n) is 17.1. The fourth-order valence-corrected chi connectivity index (χ4v) is 11.9. The van der Waals surface area contributed by atoms with Crippen LogP contribution in [0.4, 0.5) is 0 Å². The van der Waals surface area contributed by atoms with Crippen LogP contribution in [0.3, 0.4) is 0 Å². The molecule has 30 rings (SSSR count). The molecule has 92 heavy (non-hydrogen) atoms. The van der Waals surface area contributed by atoms with Gasteiger partial charge in [0.05, 0.1) is 52.9 Å². The third kappa shape index (κ3) is 15.7. The predicted molar refractivity (Wildman–Crippen MR) is 278 cm³/mol. The third-order valence-corrected chi connectivity index (χ3v) is 17.1. The molecule has 0 saturated carbocycles. The molecule has 537 valence electrons. The largest absolute Gasteiger partial charge is 0.396 e. The fourth-order valence-electron chi connectivity index (χ4n) is 11.9. The van der Waals surface area contributed by atoms with Gasteiger partial charge in [-0.3, -0.25) is 0 Å². The van der Waals surface area contributed by atoms with Gasteiger partial charge in [0.15, 0.2) is 50.3 Å². The van der Waals surface area contributed by atoms with Crippen LogP contribution in [0, 0.1) is 6.92 Å². The van der Waals surface area contributed by atoms with E-state index in [0.717, 1.165) is 0 Å². The van der Waals surface area contributed by atoms with Crippen molar-refractivity contribution in [2.24, 2.45) is 0 Å². The van der Waals surface area contributed by atoms with Crippen molar-refractivity contribution in [1.82, 2.24) is 0 Å². The number of aliphatic hydroxyl groups is 25. The summed E-state index contributed by atoms with van der Waals surface area (Å²) in [5.74, 6) is 0. The van der Waals surface area contributed by atoms with Crippen molar-refractivity contribution in [3.63, 3.8) is 0 Å². The van der Waals surface area contributed by atoms with Gasteiger partial charge in [-0.1, -0.05) is 6.92 Å². The van der Waals surface area contributed by atoms with Gasteiger partial charge in [0, 0.05) is 6.61 Å². The summed E-state index contributed by atoms with van der Waals surface area (Å²) in [7, 11) is 0. The molecule has 30 aliphatic heterocycles. The molecule has 0 unspecified atom stereocenters. The standard InChI is InChI=1S/C48H80O40.C3H7O/c49-1-9-33-17(57)25(65)41(73-9)82-34-10(2-50)75-43(27(67)19(34)59)84-36-12(4-52)77-45(29(69)21(36)61)86-38-14(6-54)79-47(31(71)23(38)63)88-40-16(8-56)80-48(32(72)24(40)64)87-39-15(7-55)78-46(30(70)22(39)62)85-37-13(5-53)76-44(28(68)20(37)60)83-35-11(3-51)74-42(81-33)26(66)18(35)58;1-2-3-4/h9-72H,1-8H2;4H,1-3H2/t9-,10-,11-,12-,13-,14-,15-,16-,17-,18-,19-,20-,21-,22-,23-,24-,25-,26-,27-,28-,29-,30-,31-,32-,33-,34-,35-,36-,37-,38-,39-,40-,41-,42-,43-,44-,45-,46-,47-,48-;/m1./s1. The van der Waals surface area contributed by atoms with Crippen molar-refractivity contribution in [3.8, 4) is 0 Å². The van der Waals surface area contributed by atoms with Crippen LogP contribution in [-0.2, 0) is 75.8 Å². The van der Waals surface area contributed by atoms with Crippen molar-refractivity contribution in [1.29, 1.82) is 0 Å². The lowest BCUT2D eigenvalue weighted by Gasteiger charge is -2.50. The summed E-state index contributed by atoms with van der Waals surface area (Å²) in [6.07, 6.45) is -81.3. The molecule has 0 aromatic carbocycles. The van der Waals surface area contributed by atoms with E-state index in [1.165, 1.54) is 0 Å². The molecule has 30 aliphatic rings. The van der Waals surface area contributed by atoms with Crippen molar-refractivity contribution in [3.05, 3.63) is 6.92 Å². The first-order valence-corrected chi connectivity index (χ1v) is 29.5. The van der Waals surface area contributed by atoms with Crippen molar-refractivity contribution >= 4 is 0 Å². The van der Waals surface area contributed by atoms with E-state index in [2.05, 4.69) is 6.92 Å². The molecular weight excluding hydrogens is 1270 g/mol. The summed E-state index contributed by atoms with van der Waals surface area (Å²) >= 11 is 0. The smallest absolute Gasteiger partial charge is 0.187 e. The van der Waals surface area contributed by atoms with E-state index in [1.807, 2.05) is 0 Å². The Morgan fingerprint density at radius 2 is 0.272 bits per heavy atom. The van der Waals surface area contributed by atoms with Crippen LogP contribution in [-0.4, -0.2) is 433 Å². The van der Waals surface area contributed by atoms with Gasteiger partial charge in [0.25, 0.3) is 0 Å². The van der Waals surface area contributed by atoms with Gasteiger partial charge in [0.2, 0.25) is 0 Å². The summed E-state index contributed by atoms with van der Waals surface area (Å²) < 4.78 is 91.1. The molecule has 1 radical (unpaired) electrons. The Bertz CT molecular complexity index is 1740. The van der Waals surface area contributed by atoms with Gasteiger partial charge in [-0.25, -0.2) is 0 Å². The van der Waals surface area contributed by atoms with E-state index in [9.17, 15) is 123 Å². The van der Waals surface area contributed by atoms with E-state index < -0.39 is 299 Å². The topological polar surface area (TPSA) is 653 Å². The predicted octanol–water partition coefficient (Wildman–Crippen LogP) is -17.2. The second kappa shape index (κ2) is 33.5. The molecule has 40 atom stereocenters. The number of ether oxygens (including phenoxy) is 16. The van der Waals surface area contributed by atoms with Crippen molar-refractivity contribution in [2.75, 3.05) is 59.5 Å². The Morgan fingerprint density at radius 1 is 0.174 bits per heavy atom. The van der Waals surface area contributed by atoms with Crippen LogP contribution in [0.2, 0.25) is 0 Å². The Kier molecular flexibility index (Phi) is 27.7. The summed E-state index contributed by atoms with van der Waals surface area (Å²) in [5, 5.41) is 273. The number of rotatable bonds is 9. The highest BCUT2D eigenvalue weighted by atomic mass is 16.8. The summed E-state index contributed by atoms with van der Waals surface area (Å²) in [4.78, 5) is 0. The molecule has 41 heteroatoms. The number of aliphatic hydroxyl groups excluding tert-OH is 25. The highest BCUT2D eigenvalue weighted by Gasteiger charge is 2.60. The highest BCUT2D eigenvalue weighted by Crippen LogP contribution is 2.40.